The Labute approximate surface area is 118 Å². The predicted octanol–water partition coefficient (Wildman–Crippen LogP) is 2.63. The molecule has 0 bridgehead atoms. The van der Waals surface area contributed by atoms with Gasteiger partial charge in [-0.1, -0.05) is 24.6 Å². The van der Waals surface area contributed by atoms with Crippen molar-refractivity contribution in [2.24, 2.45) is 0 Å². The third-order valence-electron chi connectivity index (χ3n) is 3.04. The van der Waals surface area contributed by atoms with Crippen molar-refractivity contribution in [2.45, 2.75) is 19.9 Å². The molecule has 2 rings (SSSR count). The van der Waals surface area contributed by atoms with Gasteiger partial charge in [-0.05, 0) is 19.5 Å². The lowest BCUT2D eigenvalue weighted by molar-refractivity contribution is 0.394. The molecule has 4 nitrogen and oxygen atoms in total. The number of methoxy groups -OCH3 is 1. The zero-order valence-corrected chi connectivity index (χ0v) is 11.9. The Hall–Kier alpha value is -2.01. The van der Waals surface area contributed by atoms with Crippen molar-refractivity contribution >= 4 is 0 Å². The minimum atomic E-state index is -0.322. The van der Waals surface area contributed by atoms with Crippen LogP contribution in [0.4, 0.5) is 4.39 Å². The summed E-state index contributed by atoms with van der Waals surface area (Å²) >= 11 is 0. The second kappa shape index (κ2) is 6.43. The second-order valence-corrected chi connectivity index (χ2v) is 4.50. The summed E-state index contributed by atoms with van der Waals surface area (Å²) in [6.45, 7) is 4.61. The van der Waals surface area contributed by atoms with Crippen LogP contribution in [-0.2, 0) is 0 Å². The molecule has 0 aliphatic rings. The largest absolute Gasteiger partial charge is 0.481 e. The quantitative estimate of drug-likeness (QED) is 0.911. The van der Waals surface area contributed by atoms with E-state index in [1.807, 2.05) is 19.9 Å². The number of ether oxygens (including phenoxy) is 1. The van der Waals surface area contributed by atoms with Crippen molar-refractivity contribution in [1.29, 1.82) is 0 Å². The Balaban J connectivity index is 2.46. The van der Waals surface area contributed by atoms with Crippen molar-refractivity contribution in [3.8, 4) is 5.88 Å². The Bertz CT molecular complexity index is 589. The van der Waals surface area contributed by atoms with Crippen LogP contribution in [0.15, 0.2) is 30.6 Å². The Kier molecular flexibility index (Phi) is 4.63. The lowest BCUT2D eigenvalue weighted by Gasteiger charge is -2.19. The van der Waals surface area contributed by atoms with Gasteiger partial charge in [0.25, 0.3) is 0 Å². The Morgan fingerprint density at radius 2 is 2.10 bits per heavy atom. The highest BCUT2D eigenvalue weighted by molar-refractivity contribution is 5.33. The van der Waals surface area contributed by atoms with Gasteiger partial charge < -0.3 is 10.1 Å². The van der Waals surface area contributed by atoms with Gasteiger partial charge in [-0.25, -0.2) is 14.4 Å². The molecule has 106 valence electrons. The molecule has 0 amide bonds. The number of nitrogens with one attached hydrogen (secondary N) is 1. The fourth-order valence-electron chi connectivity index (χ4n) is 2.09. The zero-order chi connectivity index (χ0) is 14.5. The van der Waals surface area contributed by atoms with Crippen LogP contribution in [-0.4, -0.2) is 23.6 Å². The van der Waals surface area contributed by atoms with E-state index < -0.39 is 0 Å². The van der Waals surface area contributed by atoms with E-state index in [9.17, 15) is 4.39 Å². The molecule has 1 aromatic carbocycles. The molecule has 1 unspecified atom stereocenters. The van der Waals surface area contributed by atoms with E-state index in [4.69, 9.17) is 4.74 Å². The number of nitrogens with zero attached hydrogens (tertiary/aromatic N) is 2. The van der Waals surface area contributed by atoms with Crippen LogP contribution in [0, 0.1) is 12.7 Å². The van der Waals surface area contributed by atoms with Gasteiger partial charge >= 0.3 is 0 Å². The molecule has 2 aromatic rings. The molecular formula is C15H18FN3O. The van der Waals surface area contributed by atoms with Gasteiger partial charge in [-0.15, -0.1) is 0 Å². The predicted molar refractivity (Wildman–Crippen MR) is 75.2 cm³/mol. The van der Waals surface area contributed by atoms with Gasteiger partial charge in [0.1, 0.15) is 12.1 Å². The van der Waals surface area contributed by atoms with Crippen LogP contribution in [0.1, 0.15) is 29.8 Å². The lowest BCUT2D eigenvalue weighted by atomic mass is 10.0. The molecule has 0 fully saturated rings. The summed E-state index contributed by atoms with van der Waals surface area (Å²) in [5, 5.41) is 3.25. The first kappa shape index (κ1) is 14.4. The highest BCUT2D eigenvalue weighted by atomic mass is 19.1. The zero-order valence-electron chi connectivity index (χ0n) is 11.9. The van der Waals surface area contributed by atoms with Crippen molar-refractivity contribution in [3.63, 3.8) is 0 Å². The average Bonchev–Trinajstić information content (AvgIpc) is 2.47. The lowest BCUT2D eigenvalue weighted by Crippen LogP contribution is -2.24. The molecule has 0 saturated heterocycles. The maximum atomic E-state index is 14.1. The first-order valence-corrected chi connectivity index (χ1v) is 6.51. The van der Waals surface area contributed by atoms with Gasteiger partial charge in [-0.3, -0.25) is 0 Å². The summed E-state index contributed by atoms with van der Waals surface area (Å²) in [5.74, 6) is 0.213. The van der Waals surface area contributed by atoms with Crippen LogP contribution < -0.4 is 10.1 Å². The summed E-state index contributed by atoms with van der Waals surface area (Å²) in [4.78, 5) is 8.21. The van der Waals surface area contributed by atoms with E-state index in [2.05, 4.69) is 15.3 Å². The minimum Gasteiger partial charge on any atom is -0.481 e. The van der Waals surface area contributed by atoms with E-state index in [1.165, 1.54) is 12.4 Å². The fourth-order valence-corrected chi connectivity index (χ4v) is 2.09. The van der Waals surface area contributed by atoms with Crippen molar-refractivity contribution < 1.29 is 9.13 Å². The average molecular weight is 275 g/mol. The summed E-state index contributed by atoms with van der Waals surface area (Å²) in [6.07, 6.45) is 1.42. The number of aromatic nitrogens is 2. The number of hydrogen-bond donors (Lipinski definition) is 1. The minimum absolute atomic E-state index is 0.251. The molecule has 1 atom stereocenters. The summed E-state index contributed by atoms with van der Waals surface area (Å²) in [7, 11) is 1.54. The summed E-state index contributed by atoms with van der Waals surface area (Å²) < 4.78 is 19.2. The second-order valence-electron chi connectivity index (χ2n) is 4.50. The van der Waals surface area contributed by atoms with Crippen molar-refractivity contribution in [1.82, 2.24) is 15.3 Å². The van der Waals surface area contributed by atoms with Crippen LogP contribution in [0.3, 0.4) is 0 Å². The molecule has 1 aromatic heterocycles. The third kappa shape index (κ3) is 3.11. The topological polar surface area (TPSA) is 47.0 Å². The molecular weight excluding hydrogens is 257 g/mol. The summed E-state index contributed by atoms with van der Waals surface area (Å²) in [6, 6.07) is 6.46. The molecule has 1 heterocycles. The van der Waals surface area contributed by atoms with Gasteiger partial charge in [-0.2, -0.15) is 0 Å². The molecule has 0 aliphatic carbocycles. The van der Waals surface area contributed by atoms with Crippen LogP contribution in [0.5, 0.6) is 5.88 Å². The number of halogens is 1. The number of hydrogen-bond acceptors (Lipinski definition) is 4. The highest BCUT2D eigenvalue weighted by Gasteiger charge is 2.19. The normalized spacial score (nSPS) is 12.2. The van der Waals surface area contributed by atoms with E-state index in [1.54, 1.807) is 19.2 Å². The molecule has 0 aliphatic heterocycles. The van der Waals surface area contributed by atoms with Gasteiger partial charge in [0.05, 0.1) is 18.8 Å². The first-order chi connectivity index (χ1) is 9.65. The van der Waals surface area contributed by atoms with Gasteiger partial charge in [0.2, 0.25) is 5.88 Å². The smallest absolute Gasteiger partial charge is 0.216 e. The van der Waals surface area contributed by atoms with Crippen LogP contribution in [0.25, 0.3) is 0 Å². The van der Waals surface area contributed by atoms with Crippen molar-refractivity contribution in [2.75, 3.05) is 13.7 Å². The van der Waals surface area contributed by atoms with E-state index in [0.29, 0.717) is 23.7 Å². The molecule has 0 spiro atoms. The highest BCUT2D eigenvalue weighted by Crippen LogP contribution is 2.25. The van der Waals surface area contributed by atoms with Crippen molar-refractivity contribution in [3.05, 3.63) is 53.2 Å². The molecule has 5 heteroatoms. The Morgan fingerprint density at radius 1 is 1.30 bits per heavy atom. The molecule has 20 heavy (non-hydrogen) atoms. The fraction of sp³-hybridized carbons (Fsp3) is 0.333. The van der Waals surface area contributed by atoms with Crippen LogP contribution >= 0.6 is 0 Å². The van der Waals surface area contributed by atoms with Gasteiger partial charge in [0.15, 0.2) is 0 Å². The molecule has 0 radical (unpaired) electrons. The van der Waals surface area contributed by atoms with E-state index >= 15 is 0 Å². The van der Waals surface area contributed by atoms with E-state index in [0.717, 1.165) is 5.56 Å². The number of rotatable bonds is 5. The van der Waals surface area contributed by atoms with Gasteiger partial charge in [0, 0.05) is 11.6 Å². The Morgan fingerprint density at radius 3 is 2.80 bits per heavy atom. The third-order valence-corrected chi connectivity index (χ3v) is 3.04. The standard InChI is InChI=1S/C15H18FN3O/c1-4-17-15(11-7-10(2)5-6-12(11)16)13-8-14(20-3)19-9-18-13/h5-9,15,17H,4H2,1-3H3. The molecule has 1 N–H and O–H groups in total. The van der Waals surface area contributed by atoms with E-state index in [-0.39, 0.29) is 11.9 Å². The number of benzene rings is 1. The SMILES string of the molecule is CCNC(c1cc(OC)ncn1)c1cc(C)ccc1F. The number of aryl methyl sites for hydroxylation is 1. The molecule has 0 saturated carbocycles. The maximum Gasteiger partial charge on any atom is 0.216 e. The van der Waals surface area contributed by atoms with Crippen LogP contribution in [0.2, 0.25) is 0 Å². The summed E-state index contributed by atoms with van der Waals surface area (Å²) in [5.41, 5.74) is 2.26. The first-order valence-electron chi connectivity index (χ1n) is 6.51. The monoisotopic (exact) mass is 275 g/mol. The maximum absolute atomic E-state index is 14.1.